The van der Waals surface area contributed by atoms with Crippen LogP contribution in [-0.2, 0) is 4.79 Å². The van der Waals surface area contributed by atoms with E-state index in [2.05, 4.69) is 25.9 Å². The van der Waals surface area contributed by atoms with Crippen molar-refractivity contribution in [1.82, 2.24) is 25.3 Å². The maximum atomic E-state index is 12.4. The Labute approximate surface area is 190 Å². The Hall–Kier alpha value is -3.38. The third kappa shape index (κ3) is 6.80. The van der Waals surface area contributed by atoms with Crippen molar-refractivity contribution in [3.8, 4) is 11.3 Å². The number of carbonyl (C=O) groups is 2. The second-order valence-corrected chi connectivity index (χ2v) is 7.56. The van der Waals surface area contributed by atoms with E-state index in [0.717, 1.165) is 31.5 Å². The summed E-state index contributed by atoms with van der Waals surface area (Å²) in [6.45, 7) is 1.99. The second-order valence-electron chi connectivity index (χ2n) is 7.12. The number of hydrogen-bond donors (Lipinski definition) is 4. The number of amides is 1. The normalized spacial score (nSPS) is 14.3. The van der Waals surface area contributed by atoms with Crippen LogP contribution < -0.4 is 10.6 Å². The molecule has 1 fully saturated rings. The van der Waals surface area contributed by atoms with Gasteiger partial charge in [0.25, 0.3) is 5.91 Å². The molecule has 0 unspecified atom stereocenters. The molecule has 0 spiro atoms. The van der Waals surface area contributed by atoms with Crippen LogP contribution in [0.3, 0.4) is 0 Å². The SMILES string of the molecule is O=C(Nc1cnn(C2CCNCC2)c1)c1cc(-c2ccc(Cl)cc2)n[nH]1.O=C(O)C(F)(F)F. The van der Waals surface area contributed by atoms with Crippen LogP contribution in [0.5, 0.6) is 0 Å². The molecular weight excluding hydrogens is 465 g/mol. The van der Waals surface area contributed by atoms with E-state index >= 15 is 0 Å². The number of rotatable bonds is 4. The lowest BCUT2D eigenvalue weighted by Crippen LogP contribution is -2.29. The number of benzene rings is 1. The van der Waals surface area contributed by atoms with Crippen LogP contribution >= 0.6 is 11.6 Å². The van der Waals surface area contributed by atoms with E-state index in [0.29, 0.717) is 28.1 Å². The van der Waals surface area contributed by atoms with Gasteiger partial charge in [-0.15, -0.1) is 0 Å². The number of piperidine rings is 1. The van der Waals surface area contributed by atoms with Crippen molar-refractivity contribution in [3.05, 3.63) is 53.4 Å². The minimum absolute atomic E-state index is 0.248. The zero-order chi connectivity index (χ0) is 24.0. The van der Waals surface area contributed by atoms with Crippen molar-refractivity contribution in [2.75, 3.05) is 18.4 Å². The largest absolute Gasteiger partial charge is 0.490 e. The molecule has 1 aliphatic heterocycles. The standard InChI is InChI=1S/C18H19ClN6O.C2HF3O2/c19-13-3-1-12(2-4-13)16-9-17(24-23-16)18(26)22-14-10-21-25(11-14)15-5-7-20-8-6-15;3-2(4,5)1(6)7/h1-4,9-11,15,20H,5-8H2,(H,22,26)(H,23,24);(H,6,7). The van der Waals surface area contributed by atoms with Gasteiger partial charge in [0.1, 0.15) is 5.69 Å². The van der Waals surface area contributed by atoms with E-state index in [4.69, 9.17) is 21.5 Å². The van der Waals surface area contributed by atoms with Gasteiger partial charge >= 0.3 is 12.1 Å². The molecule has 1 aliphatic rings. The highest BCUT2D eigenvalue weighted by atomic mass is 35.5. The summed E-state index contributed by atoms with van der Waals surface area (Å²) in [5.41, 5.74) is 2.65. The summed E-state index contributed by atoms with van der Waals surface area (Å²) in [6, 6.07) is 9.41. The number of halogens is 4. The van der Waals surface area contributed by atoms with Crippen LogP contribution in [-0.4, -0.2) is 56.2 Å². The zero-order valence-corrected chi connectivity index (χ0v) is 17.8. The third-order valence-electron chi connectivity index (χ3n) is 4.75. The molecule has 9 nitrogen and oxygen atoms in total. The smallest absolute Gasteiger partial charge is 0.475 e. The summed E-state index contributed by atoms with van der Waals surface area (Å²) in [4.78, 5) is 21.3. The number of nitrogens with zero attached hydrogens (tertiary/aromatic N) is 3. The van der Waals surface area contributed by atoms with E-state index in [-0.39, 0.29) is 5.91 Å². The van der Waals surface area contributed by atoms with Crippen LogP contribution in [0.15, 0.2) is 42.7 Å². The summed E-state index contributed by atoms with van der Waals surface area (Å²) in [7, 11) is 0. The van der Waals surface area contributed by atoms with E-state index in [1.54, 1.807) is 24.4 Å². The van der Waals surface area contributed by atoms with E-state index in [9.17, 15) is 18.0 Å². The molecule has 1 aromatic carbocycles. The van der Waals surface area contributed by atoms with Crippen molar-refractivity contribution in [2.45, 2.75) is 25.1 Å². The first-order valence-electron chi connectivity index (χ1n) is 9.81. The van der Waals surface area contributed by atoms with E-state index in [1.807, 2.05) is 23.0 Å². The van der Waals surface area contributed by atoms with Crippen LogP contribution in [0.1, 0.15) is 29.4 Å². The summed E-state index contributed by atoms with van der Waals surface area (Å²) in [5, 5.41) is 25.3. The predicted octanol–water partition coefficient (Wildman–Crippen LogP) is 3.74. The number of H-pyrrole nitrogens is 1. The third-order valence-corrected chi connectivity index (χ3v) is 5.00. The van der Waals surface area contributed by atoms with Gasteiger partial charge in [-0.1, -0.05) is 23.7 Å². The van der Waals surface area contributed by atoms with Crippen molar-refractivity contribution in [2.24, 2.45) is 0 Å². The maximum absolute atomic E-state index is 12.4. The summed E-state index contributed by atoms with van der Waals surface area (Å²) in [5.74, 6) is -3.00. The first-order valence-corrected chi connectivity index (χ1v) is 10.2. The molecule has 13 heteroatoms. The van der Waals surface area contributed by atoms with Crippen molar-refractivity contribution >= 4 is 29.2 Å². The molecule has 2 aromatic heterocycles. The fraction of sp³-hybridized carbons (Fsp3) is 0.300. The number of hydrogen-bond acceptors (Lipinski definition) is 5. The zero-order valence-electron chi connectivity index (χ0n) is 17.1. The molecule has 3 aromatic rings. The Bertz CT molecular complexity index is 1090. The molecule has 3 heterocycles. The molecule has 1 amide bonds. The van der Waals surface area contributed by atoms with Crippen LogP contribution in [0, 0.1) is 0 Å². The summed E-state index contributed by atoms with van der Waals surface area (Å²) < 4.78 is 33.7. The molecule has 0 bridgehead atoms. The van der Waals surface area contributed by atoms with Crippen LogP contribution in [0.4, 0.5) is 18.9 Å². The maximum Gasteiger partial charge on any atom is 0.490 e. The summed E-state index contributed by atoms with van der Waals surface area (Å²) in [6.07, 6.45) is 0.556. The Morgan fingerprint density at radius 2 is 1.82 bits per heavy atom. The van der Waals surface area contributed by atoms with Gasteiger partial charge in [0.05, 0.1) is 23.6 Å². The van der Waals surface area contributed by atoms with Gasteiger partial charge in [-0.05, 0) is 44.1 Å². The molecule has 0 radical (unpaired) electrons. The number of nitrogens with one attached hydrogen (secondary N) is 3. The molecule has 0 atom stereocenters. The number of carboxylic acid groups (broad SMARTS) is 1. The van der Waals surface area contributed by atoms with Crippen molar-refractivity contribution in [1.29, 1.82) is 0 Å². The van der Waals surface area contributed by atoms with Gasteiger partial charge in [0.15, 0.2) is 0 Å². The highest BCUT2D eigenvalue weighted by Crippen LogP contribution is 2.22. The Morgan fingerprint density at radius 3 is 2.42 bits per heavy atom. The predicted molar refractivity (Wildman–Crippen MR) is 114 cm³/mol. The van der Waals surface area contributed by atoms with Gasteiger partial charge in [-0.2, -0.15) is 23.4 Å². The van der Waals surface area contributed by atoms with Gasteiger partial charge in [0, 0.05) is 16.8 Å². The molecule has 0 saturated carbocycles. The number of alkyl halides is 3. The number of aliphatic carboxylic acids is 1. The monoisotopic (exact) mass is 484 g/mol. The lowest BCUT2D eigenvalue weighted by molar-refractivity contribution is -0.192. The van der Waals surface area contributed by atoms with E-state index < -0.39 is 12.1 Å². The molecule has 0 aliphatic carbocycles. The number of aromatic amines is 1. The Balaban J connectivity index is 0.000000383. The van der Waals surface area contributed by atoms with Gasteiger partial charge < -0.3 is 15.7 Å². The van der Waals surface area contributed by atoms with Gasteiger partial charge in [-0.25, -0.2) is 4.79 Å². The second kappa shape index (κ2) is 10.5. The first kappa shape index (κ1) is 24.3. The molecule has 1 saturated heterocycles. The topological polar surface area (TPSA) is 125 Å². The van der Waals surface area contributed by atoms with Gasteiger partial charge in [0.2, 0.25) is 0 Å². The van der Waals surface area contributed by atoms with Crippen LogP contribution in [0.2, 0.25) is 5.02 Å². The molecule has 33 heavy (non-hydrogen) atoms. The molecule has 176 valence electrons. The summed E-state index contributed by atoms with van der Waals surface area (Å²) >= 11 is 5.90. The number of carbonyl (C=O) groups excluding carboxylic acids is 1. The quantitative estimate of drug-likeness (QED) is 0.447. The minimum Gasteiger partial charge on any atom is -0.475 e. The lowest BCUT2D eigenvalue weighted by atomic mass is 10.1. The number of anilines is 1. The highest BCUT2D eigenvalue weighted by molar-refractivity contribution is 6.30. The van der Waals surface area contributed by atoms with Crippen molar-refractivity contribution in [3.63, 3.8) is 0 Å². The van der Waals surface area contributed by atoms with Gasteiger partial charge in [-0.3, -0.25) is 14.6 Å². The molecular formula is C20H20ClF3N6O3. The number of aromatic nitrogens is 4. The first-order chi connectivity index (χ1) is 15.6. The lowest BCUT2D eigenvalue weighted by Gasteiger charge is -2.22. The van der Waals surface area contributed by atoms with Crippen molar-refractivity contribution < 1.29 is 27.9 Å². The Kier molecular flexibility index (Phi) is 7.71. The highest BCUT2D eigenvalue weighted by Gasteiger charge is 2.38. The fourth-order valence-electron chi connectivity index (χ4n) is 3.08. The fourth-order valence-corrected chi connectivity index (χ4v) is 3.20. The Morgan fingerprint density at radius 1 is 1.18 bits per heavy atom. The van der Waals surface area contributed by atoms with Crippen LogP contribution in [0.25, 0.3) is 11.3 Å². The number of carboxylic acids is 1. The molecule has 4 N–H and O–H groups in total. The average molecular weight is 485 g/mol. The minimum atomic E-state index is -5.08. The average Bonchev–Trinajstić information content (AvgIpc) is 3.45. The molecule has 4 rings (SSSR count). The van der Waals surface area contributed by atoms with E-state index in [1.165, 1.54) is 0 Å².